The fourth-order valence-electron chi connectivity index (χ4n) is 2.99. The van der Waals surface area contributed by atoms with Crippen LogP contribution < -0.4 is 15.4 Å². The molecule has 30 heavy (non-hydrogen) atoms. The van der Waals surface area contributed by atoms with E-state index in [1.165, 1.54) is 11.1 Å². The van der Waals surface area contributed by atoms with E-state index in [0.29, 0.717) is 6.54 Å². The predicted octanol–water partition coefficient (Wildman–Crippen LogP) is 4.07. The lowest BCUT2D eigenvalue weighted by Crippen LogP contribution is -2.37. The largest absolute Gasteiger partial charge is 0.494 e. The van der Waals surface area contributed by atoms with E-state index in [4.69, 9.17) is 4.74 Å². The maximum Gasteiger partial charge on any atom is 0.191 e. The third-order valence-corrected chi connectivity index (χ3v) is 4.56. The summed E-state index contributed by atoms with van der Waals surface area (Å²) in [6, 6.07) is 20.3. The van der Waals surface area contributed by atoms with Gasteiger partial charge in [0.25, 0.3) is 0 Å². The van der Waals surface area contributed by atoms with Crippen LogP contribution in [0.2, 0.25) is 0 Å². The minimum absolute atomic E-state index is 0. The van der Waals surface area contributed by atoms with Crippen molar-refractivity contribution in [2.24, 2.45) is 4.99 Å². The molecule has 3 rings (SSSR count). The van der Waals surface area contributed by atoms with Crippen LogP contribution in [0.3, 0.4) is 0 Å². The molecular weight excluding hydrogens is 489 g/mol. The Hall–Kier alpha value is -2.55. The summed E-state index contributed by atoms with van der Waals surface area (Å²) in [6.07, 6.45) is 5.79. The Balaban J connectivity index is 0.00000320. The fraction of sp³-hybridized carbons (Fsp3) is 0.304. The van der Waals surface area contributed by atoms with E-state index in [-0.39, 0.29) is 24.0 Å². The molecule has 0 saturated carbocycles. The summed E-state index contributed by atoms with van der Waals surface area (Å²) in [7, 11) is 1.80. The molecule has 160 valence electrons. The minimum atomic E-state index is 0. The number of ether oxygens (including phenoxy) is 1. The zero-order chi connectivity index (χ0) is 20.2. The van der Waals surface area contributed by atoms with Crippen LogP contribution in [0.4, 0.5) is 0 Å². The van der Waals surface area contributed by atoms with E-state index < -0.39 is 0 Å². The quantitative estimate of drug-likeness (QED) is 0.184. The maximum absolute atomic E-state index is 5.72. The van der Waals surface area contributed by atoms with Gasteiger partial charge in [-0.25, -0.2) is 0 Å². The number of benzene rings is 2. The minimum Gasteiger partial charge on any atom is -0.494 e. The van der Waals surface area contributed by atoms with Crippen LogP contribution in [0.25, 0.3) is 0 Å². The summed E-state index contributed by atoms with van der Waals surface area (Å²) in [6.45, 7) is 3.05. The number of hydrogen-bond donors (Lipinski definition) is 2. The summed E-state index contributed by atoms with van der Waals surface area (Å²) >= 11 is 0. The van der Waals surface area contributed by atoms with Gasteiger partial charge in [-0.15, -0.1) is 24.0 Å². The number of aromatic nitrogens is 2. The van der Waals surface area contributed by atoms with Crippen molar-refractivity contribution >= 4 is 29.9 Å². The number of aliphatic imine (C=N–C) groups is 1. The first-order valence-electron chi connectivity index (χ1n) is 10.0. The van der Waals surface area contributed by atoms with Gasteiger partial charge in [0, 0.05) is 32.5 Å². The van der Waals surface area contributed by atoms with Crippen LogP contribution in [0.5, 0.6) is 5.75 Å². The van der Waals surface area contributed by atoms with E-state index in [2.05, 4.69) is 45.0 Å². The number of hydrogen-bond acceptors (Lipinski definition) is 3. The fourth-order valence-corrected chi connectivity index (χ4v) is 2.99. The summed E-state index contributed by atoms with van der Waals surface area (Å²) in [5, 5.41) is 11.1. The van der Waals surface area contributed by atoms with Crippen molar-refractivity contribution in [3.8, 4) is 5.75 Å². The second kappa shape index (κ2) is 13.6. The first kappa shape index (κ1) is 23.7. The van der Waals surface area contributed by atoms with Crippen molar-refractivity contribution in [1.29, 1.82) is 0 Å². The topological polar surface area (TPSA) is 63.5 Å². The number of rotatable bonds is 10. The third-order valence-electron chi connectivity index (χ3n) is 4.56. The van der Waals surface area contributed by atoms with Gasteiger partial charge in [-0.05, 0) is 42.2 Å². The second-order valence-electron chi connectivity index (χ2n) is 6.69. The number of nitrogens with zero attached hydrogens (tertiary/aromatic N) is 3. The zero-order valence-electron chi connectivity index (χ0n) is 17.3. The Bertz CT molecular complexity index is 868. The Morgan fingerprint density at radius 3 is 2.47 bits per heavy atom. The van der Waals surface area contributed by atoms with Crippen molar-refractivity contribution < 1.29 is 4.74 Å². The first-order chi connectivity index (χ1) is 14.3. The number of unbranched alkanes of at least 4 members (excludes halogenated alkanes) is 1. The lowest BCUT2D eigenvalue weighted by Gasteiger charge is -2.14. The first-order valence-corrected chi connectivity index (χ1v) is 10.0. The molecule has 0 fully saturated rings. The Labute approximate surface area is 195 Å². The average molecular weight is 519 g/mol. The van der Waals surface area contributed by atoms with Crippen molar-refractivity contribution in [1.82, 2.24) is 20.4 Å². The van der Waals surface area contributed by atoms with Crippen LogP contribution in [-0.2, 0) is 13.1 Å². The third kappa shape index (κ3) is 8.06. The molecule has 2 aromatic carbocycles. The van der Waals surface area contributed by atoms with Gasteiger partial charge in [0.15, 0.2) is 5.96 Å². The monoisotopic (exact) mass is 519 g/mol. The van der Waals surface area contributed by atoms with Crippen LogP contribution in [0.1, 0.15) is 24.0 Å². The molecule has 1 aromatic heterocycles. The molecular formula is C23H30IN5O. The van der Waals surface area contributed by atoms with Crippen molar-refractivity contribution in [3.63, 3.8) is 0 Å². The Kier molecular flexibility index (Phi) is 10.8. The molecule has 1 heterocycles. The Morgan fingerprint density at radius 1 is 0.967 bits per heavy atom. The molecule has 0 saturated heterocycles. The molecule has 0 radical (unpaired) electrons. The molecule has 0 aliphatic rings. The SMILES string of the molecule is CN=C(NCCCCOc1ccccc1)NCc1ccccc1Cn1cccn1.I. The number of nitrogens with one attached hydrogen (secondary N) is 2. The van der Waals surface area contributed by atoms with Gasteiger partial charge in [0.05, 0.1) is 13.2 Å². The van der Waals surface area contributed by atoms with E-state index in [9.17, 15) is 0 Å². The Morgan fingerprint density at radius 2 is 1.73 bits per heavy atom. The number of para-hydroxylation sites is 1. The summed E-state index contributed by atoms with van der Waals surface area (Å²) in [5.74, 6) is 1.73. The lowest BCUT2D eigenvalue weighted by molar-refractivity contribution is 0.307. The molecule has 0 unspecified atom stereocenters. The molecule has 0 bridgehead atoms. The van der Waals surface area contributed by atoms with E-state index >= 15 is 0 Å². The van der Waals surface area contributed by atoms with E-state index in [1.54, 1.807) is 13.2 Å². The molecule has 0 aliphatic carbocycles. The van der Waals surface area contributed by atoms with Gasteiger partial charge >= 0.3 is 0 Å². The van der Waals surface area contributed by atoms with E-state index in [0.717, 1.165) is 44.2 Å². The summed E-state index contributed by atoms with van der Waals surface area (Å²) in [4.78, 5) is 4.32. The van der Waals surface area contributed by atoms with Crippen LogP contribution in [0.15, 0.2) is 78.0 Å². The highest BCUT2D eigenvalue weighted by Gasteiger charge is 2.04. The molecule has 0 spiro atoms. The lowest BCUT2D eigenvalue weighted by atomic mass is 10.1. The molecule has 6 nitrogen and oxygen atoms in total. The maximum atomic E-state index is 5.72. The van der Waals surface area contributed by atoms with Gasteiger partial charge in [0.2, 0.25) is 0 Å². The van der Waals surface area contributed by atoms with Crippen LogP contribution in [-0.4, -0.2) is 35.9 Å². The molecule has 7 heteroatoms. The van der Waals surface area contributed by atoms with Gasteiger partial charge in [-0.2, -0.15) is 5.10 Å². The van der Waals surface area contributed by atoms with Crippen LogP contribution in [0, 0.1) is 0 Å². The van der Waals surface area contributed by atoms with Gasteiger partial charge in [-0.1, -0.05) is 42.5 Å². The zero-order valence-corrected chi connectivity index (χ0v) is 19.7. The highest BCUT2D eigenvalue weighted by Crippen LogP contribution is 2.10. The summed E-state index contributed by atoms with van der Waals surface area (Å²) in [5.41, 5.74) is 2.49. The molecule has 2 N–H and O–H groups in total. The molecule has 0 aliphatic heterocycles. The van der Waals surface area contributed by atoms with Gasteiger partial charge < -0.3 is 15.4 Å². The van der Waals surface area contributed by atoms with E-state index in [1.807, 2.05) is 47.3 Å². The van der Waals surface area contributed by atoms with Crippen molar-refractivity contribution in [2.75, 3.05) is 20.2 Å². The highest BCUT2D eigenvalue weighted by molar-refractivity contribution is 14.0. The highest BCUT2D eigenvalue weighted by atomic mass is 127. The predicted molar refractivity (Wildman–Crippen MR) is 133 cm³/mol. The van der Waals surface area contributed by atoms with Crippen LogP contribution >= 0.6 is 24.0 Å². The van der Waals surface area contributed by atoms with Gasteiger partial charge in [-0.3, -0.25) is 9.67 Å². The molecule has 3 aromatic rings. The van der Waals surface area contributed by atoms with Gasteiger partial charge in [0.1, 0.15) is 5.75 Å². The molecule has 0 atom stereocenters. The normalized spacial score (nSPS) is 10.9. The second-order valence-corrected chi connectivity index (χ2v) is 6.69. The smallest absolute Gasteiger partial charge is 0.191 e. The van der Waals surface area contributed by atoms with Crippen molar-refractivity contribution in [3.05, 3.63) is 84.2 Å². The number of halogens is 1. The average Bonchev–Trinajstić information content (AvgIpc) is 3.27. The van der Waals surface area contributed by atoms with Crippen molar-refractivity contribution in [2.45, 2.75) is 25.9 Å². The standard InChI is InChI=1S/C23H29N5O.HI/c1-24-23(25-14-7-8-17-29-22-12-3-2-4-13-22)26-18-20-10-5-6-11-21(20)19-28-16-9-15-27-28;/h2-6,9-13,15-16H,7-8,14,17-19H2,1H3,(H2,24,25,26);1H. The summed E-state index contributed by atoms with van der Waals surface area (Å²) < 4.78 is 7.65. The molecule has 0 amide bonds. The number of guanidine groups is 1.